The molecule has 5 nitrogen and oxygen atoms in total. The number of rotatable bonds is 2. The number of nitrogens with one attached hydrogen (secondary N) is 1. The Kier molecular flexibility index (Phi) is 3.44. The molecule has 0 unspecified atom stereocenters. The molecule has 0 bridgehead atoms. The van der Waals surface area contributed by atoms with Gasteiger partial charge in [0.1, 0.15) is 11.3 Å². The molecule has 1 N–H and O–H groups in total. The first kappa shape index (κ1) is 15.4. The molecule has 0 spiro atoms. The van der Waals surface area contributed by atoms with Crippen LogP contribution in [-0.2, 0) is 4.79 Å². The topological polar surface area (TPSA) is 72.2 Å². The third-order valence-electron chi connectivity index (χ3n) is 4.05. The van der Waals surface area contributed by atoms with Crippen LogP contribution in [0.3, 0.4) is 0 Å². The summed E-state index contributed by atoms with van der Waals surface area (Å²) in [6.07, 6.45) is 5.10. The minimum absolute atomic E-state index is 0.324. The number of carbonyl (C=O) groups excluding carboxylic acids is 2. The number of hydrogen-bond acceptors (Lipinski definition) is 6. The molecule has 26 heavy (non-hydrogen) atoms. The standard InChI is InChI=1S/C19H10N2O3S2/c22-18-16(26-19(23)21-18)7-12-5-11-8-20-9-13(17(11)24-12)15-6-10-3-1-2-4-14(10)25-15/h1-9H,(H,21,22,23)/b16-7-. The van der Waals surface area contributed by atoms with E-state index in [2.05, 4.69) is 28.5 Å². The summed E-state index contributed by atoms with van der Waals surface area (Å²) in [4.78, 5) is 28.7. The second kappa shape index (κ2) is 5.82. The van der Waals surface area contributed by atoms with Gasteiger partial charge in [-0.3, -0.25) is 19.9 Å². The predicted octanol–water partition coefficient (Wildman–Crippen LogP) is 5.03. The van der Waals surface area contributed by atoms with Crippen LogP contribution in [0.4, 0.5) is 4.79 Å². The molecular formula is C19H10N2O3S2. The third kappa shape index (κ3) is 2.53. The quantitative estimate of drug-likeness (QED) is 0.495. The molecule has 4 aromatic rings. The third-order valence-corrected chi connectivity index (χ3v) is 6.01. The van der Waals surface area contributed by atoms with Gasteiger partial charge >= 0.3 is 0 Å². The maximum absolute atomic E-state index is 11.7. The second-order valence-corrected chi connectivity index (χ2v) is 7.85. The van der Waals surface area contributed by atoms with Crippen LogP contribution in [0, 0.1) is 0 Å². The van der Waals surface area contributed by atoms with Gasteiger partial charge < -0.3 is 4.42 Å². The molecular weight excluding hydrogens is 368 g/mol. The summed E-state index contributed by atoms with van der Waals surface area (Å²) in [6, 6.07) is 12.1. The van der Waals surface area contributed by atoms with Crippen molar-refractivity contribution in [2.75, 3.05) is 0 Å². The maximum Gasteiger partial charge on any atom is 0.290 e. The van der Waals surface area contributed by atoms with Gasteiger partial charge in [-0.05, 0) is 35.3 Å². The zero-order chi connectivity index (χ0) is 17.7. The zero-order valence-corrected chi connectivity index (χ0v) is 14.8. The summed E-state index contributed by atoms with van der Waals surface area (Å²) < 4.78 is 7.18. The highest BCUT2D eigenvalue weighted by atomic mass is 32.2. The molecule has 1 saturated heterocycles. The van der Waals surface area contributed by atoms with E-state index in [9.17, 15) is 9.59 Å². The van der Waals surface area contributed by atoms with E-state index in [1.54, 1.807) is 29.8 Å². The molecule has 3 aromatic heterocycles. The fourth-order valence-electron chi connectivity index (χ4n) is 2.89. The number of amides is 2. The van der Waals surface area contributed by atoms with Crippen LogP contribution < -0.4 is 5.32 Å². The Labute approximate surface area is 155 Å². The number of furan rings is 1. The van der Waals surface area contributed by atoms with Gasteiger partial charge in [0.15, 0.2) is 0 Å². The van der Waals surface area contributed by atoms with Crippen molar-refractivity contribution >= 4 is 61.4 Å². The van der Waals surface area contributed by atoms with E-state index in [1.165, 1.54) is 10.1 Å². The summed E-state index contributed by atoms with van der Waals surface area (Å²) >= 11 is 2.55. The Morgan fingerprint density at radius 2 is 1.96 bits per heavy atom. The van der Waals surface area contributed by atoms with Gasteiger partial charge in [0.05, 0.1) is 10.5 Å². The van der Waals surface area contributed by atoms with E-state index in [-0.39, 0.29) is 5.24 Å². The molecule has 1 aliphatic rings. The highest BCUT2D eigenvalue weighted by Crippen LogP contribution is 2.38. The number of pyridine rings is 1. The van der Waals surface area contributed by atoms with E-state index < -0.39 is 5.91 Å². The number of thiophene rings is 1. The number of thioether (sulfide) groups is 1. The minimum atomic E-state index is -0.400. The first-order valence-corrected chi connectivity index (χ1v) is 9.42. The minimum Gasteiger partial charge on any atom is -0.456 e. The Morgan fingerprint density at radius 1 is 1.08 bits per heavy atom. The average Bonchev–Trinajstić information content (AvgIpc) is 3.31. The number of carbonyl (C=O) groups is 2. The van der Waals surface area contributed by atoms with Crippen LogP contribution in [0.2, 0.25) is 0 Å². The molecule has 1 aromatic carbocycles. The summed E-state index contributed by atoms with van der Waals surface area (Å²) in [5, 5.41) is 3.89. The Bertz CT molecular complexity index is 1200. The van der Waals surface area contributed by atoms with Crippen molar-refractivity contribution in [3.05, 3.63) is 59.5 Å². The summed E-state index contributed by atoms with van der Waals surface area (Å²) in [6.45, 7) is 0. The maximum atomic E-state index is 11.7. The van der Waals surface area contributed by atoms with Crippen LogP contribution >= 0.6 is 23.1 Å². The Balaban J connectivity index is 1.63. The van der Waals surface area contributed by atoms with Crippen molar-refractivity contribution < 1.29 is 14.0 Å². The van der Waals surface area contributed by atoms with Crippen molar-refractivity contribution in [1.29, 1.82) is 0 Å². The molecule has 0 aliphatic carbocycles. The molecule has 1 aliphatic heterocycles. The zero-order valence-electron chi connectivity index (χ0n) is 13.2. The number of fused-ring (bicyclic) bond motifs is 2. The van der Waals surface area contributed by atoms with Gasteiger partial charge in [-0.2, -0.15) is 0 Å². The second-order valence-electron chi connectivity index (χ2n) is 5.75. The van der Waals surface area contributed by atoms with Crippen LogP contribution in [0.15, 0.2) is 58.1 Å². The summed E-state index contributed by atoms with van der Waals surface area (Å²) in [7, 11) is 0. The van der Waals surface area contributed by atoms with E-state index in [4.69, 9.17) is 4.42 Å². The van der Waals surface area contributed by atoms with Crippen LogP contribution in [0.5, 0.6) is 0 Å². The van der Waals surface area contributed by atoms with Crippen molar-refractivity contribution in [3.8, 4) is 10.4 Å². The number of aromatic nitrogens is 1. The Morgan fingerprint density at radius 3 is 2.77 bits per heavy atom. The normalized spacial score (nSPS) is 16.1. The Hall–Kier alpha value is -2.90. The smallest absolute Gasteiger partial charge is 0.290 e. The highest BCUT2D eigenvalue weighted by Gasteiger charge is 2.25. The SMILES string of the molecule is O=C1NC(=O)/C(=C/c2cc3cncc(-c4cc5ccccc5s4)c3o2)S1. The molecule has 126 valence electrons. The lowest BCUT2D eigenvalue weighted by atomic mass is 10.1. The van der Waals surface area contributed by atoms with Gasteiger partial charge in [0, 0.05) is 33.4 Å². The number of nitrogens with zero attached hydrogens (tertiary/aromatic N) is 1. The molecule has 1 fully saturated rings. The predicted molar refractivity (Wildman–Crippen MR) is 104 cm³/mol. The van der Waals surface area contributed by atoms with Crippen LogP contribution in [-0.4, -0.2) is 16.1 Å². The molecule has 5 rings (SSSR count). The average molecular weight is 378 g/mol. The van der Waals surface area contributed by atoms with E-state index in [1.807, 2.05) is 18.2 Å². The first-order valence-electron chi connectivity index (χ1n) is 7.79. The molecule has 2 amide bonds. The van der Waals surface area contributed by atoms with Gasteiger partial charge in [-0.1, -0.05) is 18.2 Å². The number of benzene rings is 1. The van der Waals surface area contributed by atoms with Crippen molar-refractivity contribution in [2.24, 2.45) is 0 Å². The number of hydrogen-bond donors (Lipinski definition) is 1. The molecule has 7 heteroatoms. The van der Waals surface area contributed by atoms with Crippen molar-refractivity contribution in [1.82, 2.24) is 10.3 Å². The van der Waals surface area contributed by atoms with Crippen molar-refractivity contribution in [2.45, 2.75) is 0 Å². The van der Waals surface area contributed by atoms with Crippen LogP contribution in [0.1, 0.15) is 5.76 Å². The van der Waals surface area contributed by atoms with Crippen molar-refractivity contribution in [3.63, 3.8) is 0 Å². The molecule has 0 radical (unpaired) electrons. The van der Waals surface area contributed by atoms with E-state index >= 15 is 0 Å². The summed E-state index contributed by atoms with van der Waals surface area (Å²) in [5.41, 5.74) is 1.63. The lowest BCUT2D eigenvalue weighted by Crippen LogP contribution is -2.17. The highest BCUT2D eigenvalue weighted by molar-refractivity contribution is 8.18. The molecule has 4 heterocycles. The molecule has 0 atom stereocenters. The fourth-order valence-corrected chi connectivity index (χ4v) is 4.63. The monoisotopic (exact) mass is 378 g/mol. The summed E-state index contributed by atoms with van der Waals surface area (Å²) in [5.74, 6) is 0.117. The van der Waals surface area contributed by atoms with E-state index in [0.717, 1.165) is 27.6 Å². The largest absolute Gasteiger partial charge is 0.456 e. The van der Waals surface area contributed by atoms with E-state index in [0.29, 0.717) is 16.2 Å². The fraction of sp³-hybridized carbons (Fsp3) is 0. The van der Waals surface area contributed by atoms with Crippen LogP contribution in [0.25, 0.3) is 37.6 Å². The van der Waals surface area contributed by atoms with Gasteiger partial charge in [-0.25, -0.2) is 0 Å². The number of imide groups is 1. The van der Waals surface area contributed by atoms with Gasteiger partial charge in [0.25, 0.3) is 11.1 Å². The van der Waals surface area contributed by atoms with Gasteiger partial charge in [0.2, 0.25) is 0 Å². The first-order chi connectivity index (χ1) is 12.7. The lowest BCUT2D eigenvalue weighted by Gasteiger charge is -1.97. The van der Waals surface area contributed by atoms with Gasteiger partial charge in [-0.15, -0.1) is 11.3 Å². The lowest BCUT2D eigenvalue weighted by molar-refractivity contribution is -0.115. The molecule has 0 saturated carbocycles.